The molecule has 0 radical (unpaired) electrons. The Balaban J connectivity index is 0.00000200. The molecule has 0 spiro atoms. The number of halogens is 1. The molecule has 2 N–H and O–H groups in total. The van der Waals surface area contributed by atoms with Crippen LogP contribution in [0.1, 0.15) is 52.7 Å². The predicted molar refractivity (Wildman–Crippen MR) is 88.3 cm³/mol. The van der Waals surface area contributed by atoms with Gasteiger partial charge in [0.25, 0.3) is 5.91 Å². The predicted octanol–water partition coefficient (Wildman–Crippen LogP) is 3.17. The average molecular weight is 317 g/mol. The highest BCUT2D eigenvalue weighted by molar-refractivity contribution is 7.14. The second kappa shape index (κ2) is 8.65. The van der Waals surface area contributed by atoms with E-state index in [0.29, 0.717) is 12.6 Å². The largest absolute Gasteiger partial charge is 0.350 e. The van der Waals surface area contributed by atoms with Gasteiger partial charge in [-0.05, 0) is 51.3 Å². The van der Waals surface area contributed by atoms with E-state index in [-0.39, 0.29) is 18.3 Å². The minimum Gasteiger partial charge on any atom is -0.350 e. The van der Waals surface area contributed by atoms with E-state index in [1.165, 1.54) is 36.1 Å². The van der Waals surface area contributed by atoms with Crippen LogP contribution in [0.2, 0.25) is 0 Å². The van der Waals surface area contributed by atoms with Crippen LogP contribution >= 0.6 is 23.7 Å². The first-order valence-electron chi connectivity index (χ1n) is 7.27. The summed E-state index contributed by atoms with van der Waals surface area (Å²) in [4.78, 5) is 14.4. The first-order chi connectivity index (χ1) is 9.20. The van der Waals surface area contributed by atoms with Crippen LogP contribution in [0.3, 0.4) is 0 Å². The molecular weight excluding hydrogens is 292 g/mol. The van der Waals surface area contributed by atoms with Gasteiger partial charge in [0.05, 0.1) is 4.88 Å². The van der Waals surface area contributed by atoms with Crippen LogP contribution in [0.25, 0.3) is 0 Å². The van der Waals surface area contributed by atoms with Crippen LogP contribution in [0.4, 0.5) is 0 Å². The van der Waals surface area contributed by atoms with Crippen molar-refractivity contribution in [1.82, 2.24) is 10.6 Å². The van der Waals surface area contributed by atoms with E-state index in [9.17, 15) is 4.79 Å². The van der Waals surface area contributed by atoms with Crippen LogP contribution < -0.4 is 10.6 Å². The zero-order valence-corrected chi connectivity index (χ0v) is 14.0. The van der Waals surface area contributed by atoms with Crippen molar-refractivity contribution in [2.24, 2.45) is 0 Å². The molecule has 1 heterocycles. The second-order valence-electron chi connectivity index (χ2n) is 5.37. The van der Waals surface area contributed by atoms with E-state index in [4.69, 9.17) is 0 Å². The van der Waals surface area contributed by atoms with Gasteiger partial charge in [-0.2, -0.15) is 0 Å². The van der Waals surface area contributed by atoms with Crippen molar-refractivity contribution in [3.05, 3.63) is 21.4 Å². The summed E-state index contributed by atoms with van der Waals surface area (Å²) in [7, 11) is 1.91. The number of rotatable bonds is 4. The third-order valence-electron chi connectivity index (χ3n) is 3.78. The lowest BCUT2D eigenvalue weighted by atomic mass is 10.00. The molecule has 20 heavy (non-hydrogen) atoms. The van der Waals surface area contributed by atoms with Crippen molar-refractivity contribution in [2.45, 2.75) is 51.5 Å². The Morgan fingerprint density at radius 3 is 2.70 bits per heavy atom. The van der Waals surface area contributed by atoms with Crippen LogP contribution in [0.15, 0.2) is 6.07 Å². The van der Waals surface area contributed by atoms with Crippen molar-refractivity contribution in [1.29, 1.82) is 0 Å². The van der Waals surface area contributed by atoms with Crippen LogP contribution in [-0.2, 0) is 12.8 Å². The normalized spacial score (nSPS) is 16.3. The number of hydrogen-bond acceptors (Lipinski definition) is 3. The first-order valence-corrected chi connectivity index (χ1v) is 8.09. The van der Waals surface area contributed by atoms with Gasteiger partial charge in [0.1, 0.15) is 0 Å². The quantitative estimate of drug-likeness (QED) is 0.896. The molecule has 1 amide bonds. The number of aryl methyl sites for hydroxylation is 2. The highest BCUT2D eigenvalue weighted by atomic mass is 35.5. The van der Waals surface area contributed by atoms with Crippen molar-refractivity contribution in [3.63, 3.8) is 0 Å². The fraction of sp³-hybridized carbons (Fsp3) is 0.667. The Kier molecular flexibility index (Phi) is 7.56. The van der Waals surface area contributed by atoms with Crippen LogP contribution in [0, 0.1) is 0 Å². The summed E-state index contributed by atoms with van der Waals surface area (Å²) in [6, 6.07) is 2.43. The molecule has 1 aliphatic carbocycles. The fourth-order valence-corrected chi connectivity index (χ4v) is 3.56. The Bertz CT molecular complexity index is 408. The van der Waals surface area contributed by atoms with E-state index in [1.807, 2.05) is 7.05 Å². The number of amides is 1. The fourth-order valence-electron chi connectivity index (χ4n) is 2.39. The molecule has 0 saturated heterocycles. The lowest BCUT2D eigenvalue weighted by molar-refractivity contribution is 0.0954. The number of carbonyl (C=O) groups is 1. The zero-order chi connectivity index (χ0) is 13.7. The molecule has 0 bridgehead atoms. The maximum atomic E-state index is 12.1. The summed E-state index contributed by atoms with van der Waals surface area (Å²) < 4.78 is 0. The molecule has 1 aromatic heterocycles. The average Bonchev–Trinajstić information content (AvgIpc) is 2.78. The molecule has 0 fully saturated rings. The summed E-state index contributed by atoms with van der Waals surface area (Å²) in [6.45, 7) is 2.74. The minimum absolute atomic E-state index is 0. The molecule has 0 aliphatic heterocycles. The maximum Gasteiger partial charge on any atom is 0.261 e. The third kappa shape index (κ3) is 4.76. The monoisotopic (exact) mass is 316 g/mol. The third-order valence-corrected chi connectivity index (χ3v) is 5.02. The molecule has 1 aromatic rings. The van der Waals surface area contributed by atoms with Gasteiger partial charge in [0.15, 0.2) is 0 Å². The maximum absolute atomic E-state index is 12.1. The highest BCUT2D eigenvalue weighted by Crippen LogP contribution is 2.28. The van der Waals surface area contributed by atoms with E-state index >= 15 is 0 Å². The van der Waals surface area contributed by atoms with Crippen molar-refractivity contribution >= 4 is 29.7 Å². The standard InChI is InChI=1S/C15H24N2OS.ClH/c1-11(16-2)10-17-15(18)14-9-12-7-5-3-4-6-8-13(12)19-14;/h9,11,16H,3-8,10H2,1-2H3,(H,17,18);1H. The van der Waals surface area contributed by atoms with Crippen molar-refractivity contribution in [3.8, 4) is 0 Å². The second-order valence-corrected chi connectivity index (χ2v) is 6.51. The number of hydrogen-bond donors (Lipinski definition) is 2. The molecule has 3 nitrogen and oxygen atoms in total. The molecule has 1 atom stereocenters. The lowest BCUT2D eigenvalue weighted by Gasteiger charge is -2.10. The van der Waals surface area contributed by atoms with Gasteiger partial charge >= 0.3 is 0 Å². The van der Waals surface area contributed by atoms with Crippen molar-refractivity contribution in [2.75, 3.05) is 13.6 Å². The van der Waals surface area contributed by atoms with Crippen LogP contribution in [-0.4, -0.2) is 25.5 Å². The smallest absolute Gasteiger partial charge is 0.261 e. The van der Waals surface area contributed by atoms with Gasteiger partial charge in [-0.3, -0.25) is 4.79 Å². The SMILES string of the molecule is CNC(C)CNC(=O)c1cc2c(s1)CCCCCC2.Cl. The summed E-state index contributed by atoms with van der Waals surface area (Å²) in [5, 5.41) is 6.12. The Labute approximate surface area is 131 Å². The van der Waals surface area contributed by atoms with Gasteiger partial charge in [-0.25, -0.2) is 0 Å². The van der Waals surface area contributed by atoms with Gasteiger partial charge in [-0.1, -0.05) is 12.8 Å². The molecule has 2 rings (SSSR count). The Morgan fingerprint density at radius 2 is 2.00 bits per heavy atom. The number of likely N-dealkylation sites (N-methyl/N-ethyl adjacent to an activating group) is 1. The lowest BCUT2D eigenvalue weighted by Crippen LogP contribution is -2.36. The van der Waals surface area contributed by atoms with Crippen LogP contribution in [0.5, 0.6) is 0 Å². The number of fused-ring (bicyclic) bond motifs is 1. The number of carbonyl (C=O) groups excluding carboxylic acids is 1. The topological polar surface area (TPSA) is 41.1 Å². The molecule has 1 aliphatic rings. The summed E-state index contributed by atoms with van der Waals surface area (Å²) >= 11 is 1.69. The zero-order valence-electron chi connectivity index (χ0n) is 12.3. The molecule has 5 heteroatoms. The minimum atomic E-state index is 0. The van der Waals surface area contributed by atoms with Gasteiger partial charge in [-0.15, -0.1) is 23.7 Å². The molecule has 1 unspecified atom stereocenters. The van der Waals surface area contributed by atoms with Crippen molar-refractivity contribution < 1.29 is 4.79 Å². The molecule has 114 valence electrons. The Hall–Kier alpha value is -0.580. The van der Waals surface area contributed by atoms with Gasteiger partial charge < -0.3 is 10.6 Å². The van der Waals surface area contributed by atoms with E-state index in [1.54, 1.807) is 11.3 Å². The highest BCUT2D eigenvalue weighted by Gasteiger charge is 2.15. The molecule has 0 aromatic carbocycles. The van der Waals surface area contributed by atoms with Gasteiger partial charge in [0.2, 0.25) is 0 Å². The van der Waals surface area contributed by atoms with E-state index in [0.717, 1.165) is 17.7 Å². The summed E-state index contributed by atoms with van der Waals surface area (Å²) in [5.74, 6) is 0.0823. The molecular formula is C15H25ClN2OS. The Morgan fingerprint density at radius 1 is 1.30 bits per heavy atom. The first kappa shape index (κ1) is 17.5. The summed E-state index contributed by atoms with van der Waals surface area (Å²) in [6.07, 6.45) is 7.49. The number of thiophene rings is 1. The van der Waals surface area contributed by atoms with Gasteiger partial charge in [0, 0.05) is 17.5 Å². The van der Waals surface area contributed by atoms with E-state index < -0.39 is 0 Å². The molecule has 0 saturated carbocycles. The van der Waals surface area contributed by atoms with E-state index in [2.05, 4.69) is 23.6 Å². The number of nitrogens with one attached hydrogen (secondary N) is 2. The summed E-state index contributed by atoms with van der Waals surface area (Å²) in [5.41, 5.74) is 1.41.